The minimum Gasteiger partial charge on any atom is -0.350 e. The Kier molecular flexibility index (Phi) is 4.65. The van der Waals surface area contributed by atoms with Crippen LogP contribution in [0.15, 0.2) is 29.2 Å². The van der Waals surface area contributed by atoms with Crippen LogP contribution in [0, 0.1) is 0 Å². The fourth-order valence-corrected chi connectivity index (χ4v) is 3.08. The second-order valence-corrected chi connectivity index (χ2v) is 7.15. The van der Waals surface area contributed by atoms with E-state index in [1.165, 1.54) is 12.1 Å². The van der Waals surface area contributed by atoms with Crippen LogP contribution in [0.5, 0.6) is 0 Å². The van der Waals surface area contributed by atoms with Crippen molar-refractivity contribution in [2.75, 3.05) is 0 Å². The van der Waals surface area contributed by atoms with Crippen LogP contribution in [0.1, 0.15) is 37.7 Å². The van der Waals surface area contributed by atoms with Crippen LogP contribution in [-0.2, 0) is 21.4 Å². The quantitative estimate of drug-likeness (QED) is 0.755. The molecule has 1 aliphatic carbocycles. The maximum absolute atomic E-state index is 12.2. The third-order valence-electron chi connectivity index (χ3n) is 3.90. The van der Waals surface area contributed by atoms with Gasteiger partial charge in [-0.05, 0) is 30.5 Å². The molecule has 1 saturated carbocycles. The molecular formula is C14H21N3O3S. The van der Waals surface area contributed by atoms with Crippen LogP contribution in [-0.4, -0.2) is 19.9 Å². The van der Waals surface area contributed by atoms with Crippen LogP contribution in [0.4, 0.5) is 0 Å². The Hall–Kier alpha value is -1.44. The Bertz CT molecular complexity index is 605. The van der Waals surface area contributed by atoms with Gasteiger partial charge in [-0.3, -0.25) is 4.79 Å². The largest absolute Gasteiger partial charge is 0.350 e. The predicted molar refractivity (Wildman–Crippen MR) is 79.7 cm³/mol. The van der Waals surface area contributed by atoms with Crippen molar-refractivity contribution in [1.29, 1.82) is 0 Å². The van der Waals surface area contributed by atoms with E-state index in [0.29, 0.717) is 19.4 Å². The molecule has 0 heterocycles. The Morgan fingerprint density at radius 1 is 1.14 bits per heavy atom. The highest BCUT2D eigenvalue weighted by atomic mass is 32.2. The van der Waals surface area contributed by atoms with Crippen molar-refractivity contribution in [3.8, 4) is 0 Å². The number of nitrogens with two attached hydrogens (primary N) is 2. The zero-order valence-electron chi connectivity index (χ0n) is 11.8. The van der Waals surface area contributed by atoms with E-state index in [-0.39, 0.29) is 10.8 Å². The summed E-state index contributed by atoms with van der Waals surface area (Å²) in [7, 11) is -3.69. The van der Waals surface area contributed by atoms with E-state index >= 15 is 0 Å². The molecule has 0 aromatic heterocycles. The molecule has 0 spiro atoms. The third-order valence-corrected chi connectivity index (χ3v) is 4.83. The van der Waals surface area contributed by atoms with E-state index in [2.05, 4.69) is 5.32 Å². The van der Waals surface area contributed by atoms with Gasteiger partial charge in [0.1, 0.15) is 0 Å². The number of carbonyl (C=O) groups excluding carboxylic acids is 1. The normalized spacial score (nSPS) is 18.2. The second-order valence-electron chi connectivity index (χ2n) is 5.59. The minimum absolute atomic E-state index is 0.0557. The van der Waals surface area contributed by atoms with Gasteiger partial charge < -0.3 is 11.1 Å². The summed E-state index contributed by atoms with van der Waals surface area (Å²) in [4.78, 5) is 12.2. The average Bonchev–Trinajstić information content (AvgIpc) is 2.45. The van der Waals surface area contributed by atoms with Crippen molar-refractivity contribution in [1.82, 2.24) is 5.32 Å². The second kappa shape index (κ2) is 6.13. The van der Waals surface area contributed by atoms with Gasteiger partial charge in [-0.2, -0.15) is 0 Å². The molecule has 0 atom stereocenters. The van der Waals surface area contributed by atoms with Crippen LogP contribution in [0.25, 0.3) is 0 Å². The van der Waals surface area contributed by atoms with Gasteiger partial charge in [-0.15, -0.1) is 0 Å². The fourth-order valence-electron chi connectivity index (χ4n) is 2.57. The van der Waals surface area contributed by atoms with Gasteiger partial charge in [0.05, 0.1) is 10.4 Å². The van der Waals surface area contributed by atoms with E-state index in [1.54, 1.807) is 12.1 Å². The van der Waals surface area contributed by atoms with E-state index in [9.17, 15) is 13.2 Å². The highest BCUT2D eigenvalue weighted by molar-refractivity contribution is 7.89. The number of carbonyl (C=O) groups is 1. The van der Waals surface area contributed by atoms with Crippen LogP contribution in [0.3, 0.4) is 0 Å². The van der Waals surface area contributed by atoms with Crippen LogP contribution < -0.4 is 16.2 Å². The van der Waals surface area contributed by atoms with E-state index in [1.807, 2.05) is 0 Å². The van der Waals surface area contributed by atoms with Crippen LogP contribution >= 0.6 is 0 Å². The highest BCUT2D eigenvalue weighted by Gasteiger charge is 2.34. The third kappa shape index (κ3) is 4.03. The van der Waals surface area contributed by atoms with Gasteiger partial charge in [0.25, 0.3) is 0 Å². The first-order valence-corrected chi connectivity index (χ1v) is 8.55. The number of rotatable bonds is 4. The first-order chi connectivity index (χ1) is 9.81. The molecule has 1 fully saturated rings. The summed E-state index contributed by atoms with van der Waals surface area (Å²) >= 11 is 0. The maximum Gasteiger partial charge on any atom is 0.240 e. The van der Waals surface area contributed by atoms with Gasteiger partial charge in [0.2, 0.25) is 15.9 Å². The molecule has 1 aromatic rings. The van der Waals surface area contributed by atoms with Crippen molar-refractivity contribution in [2.45, 2.75) is 49.1 Å². The van der Waals surface area contributed by atoms with E-state index < -0.39 is 15.6 Å². The zero-order chi connectivity index (χ0) is 15.5. The molecule has 6 nitrogen and oxygen atoms in total. The molecular weight excluding hydrogens is 290 g/mol. The molecule has 1 aliphatic rings. The minimum atomic E-state index is -3.69. The van der Waals surface area contributed by atoms with Gasteiger partial charge in [0.15, 0.2) is 0 Å². The lowest BCUT2D eigenvalue weighted by molar-refractivity contribution is -0.127. The maximum atomic E-state index is 12.2. The molecule has 0 unspecified atom stereocenters. The predicted octanol–water partition coefficient (Wildman–Crippen LogP) is 0.612. The number of hydrogen-bond donors (Lipinski definition) is 3. The SMILES string of the molecule is NC1(C(=O)NCc2ccc(S(N)(=O)=O)cc2)CCCCC1. The Morgan fingerprint density at radius 2 is 1.71 bits per heavy atom. The topological polar surface area (TPSA) is 115 Å². The molecule has 5 N–H and O–H groups in total. The highest BCUT2D eigenvalue weighted by Crippen LogP contribution is 2.26. The molecule has 1 aromatic carbocycles. The number of sulfonamides is 1. The molecule has 21 heavy (non-hydrogen) atoms. The zero-order valence-corrected chi connectivity index (χ0v) is 12.7. The lowest BCUT2D eigenvalue weighted by Crippen LogP contribution is -2.54. The Balaban J connectivity index is 1.95. The van der Waals surface area contributed by atoms with E-state index in [0.717, 1.165) is 24.8 Å². The molecule has 1 amide bonds. The summed E-state index contributed by atoms with van der Waals surface area (Å²) in [6.07, 6.45) is 4.51. The van der Waals surface area contributed by atoms with Crippen molar-refractivity contribution < 1.29 is 13.2 Å². The lowest BCUT2D eigenvalue weighted by Gasteiger charge is -2.31. The van der Waals surface area contributed by atoms with Gasteiger partial charge >= 0.3 is 0 Å². The number of nitrogens with one attached hydrogen (secondary N) is 1. The standard InChI is InChI=1S/C14H21N3O3S/c15-14(8-2-1-3-9-14)13(18)17-10-11-4-6-12(7-5-11)21(16,19)20/h4-7H,1-3,8-10,15H2,(H,17,18)(H2,16,19,20). The fraction of sp³-hybridized carbons (Fsp3) is 0.500. The van der Waals surface area contributed by atoms with Crippen LogP contribution in [0.2, 0.25) is 0 Å². The van der Waals surface area contributed by atoms with Crippen molar-refractivity contribution in [3.05, 3.63) is 29.8 Å². The monoisotopic (exact) mass is 311 g/mol. The molecule has 0 saturated heterocycles. The summed E-state index contributed by atoms with van der Waals surface area (Å²) in [5.74, 6) is -0.141. The van der Waals surface area contributed by atoms with Gasteiger partial charge in [-0.25, -0.2) is 13.6 Å². The van der Waals surface area contributed by atoms with Gasteiger partial charge in [0, 0.05) is 6.54 Å². The average molecular weight is 311 g/mol. The summed E-state index contributed by atoms with van der Waals surface area (Å²) in [5.41, 5.74) is 6.18. The van der Waals surface area contributed by atoms with Gasteiger partial charge in [-0.1, -0.05) is 31.4 Å². The molecule has 0 bridgehead atoms. The first-order valence-electron chi connectivity index (χ1n) is 7.00. The molecule has 116 valence electrons. The summed E-state index contributed by atoms with van der Waals surface area (Å²) in [5, 5.41) is 7.85. The summed E-state index contributed by atoms with van der Waals surface area (Å²) in [6, 6.07) is 6.11. The first kappa shape index (κ1) is 15.9. The van der Waals surface area contributed by atoms with E-state index in [4.69, 9.17) is 10.9 Å². The molecule has 7 heteroatoms. The molecule has 0 radical (unpaired) electrons. The number of amides is 1. The molecule has 2 rings (SSSR count). The van der Waals surface area contributed by atoms with Crippen molar-refractivity contribution >= 4 is 15.9 Å². The number of primary sulfonamides is 1. The lowest BCUT2D eigenvalue weighted by atomic mass is 9.82. The Labute approximate surface area is 124 Å². The number of benzene rings is 1. The van der Waals surface area contributed by atoms with Crippen molar-refractivity contribution in [3.63, 3.8) is 0 Å². The van der Waals surface area contributed by atoms with Crippen molar-refractivity contribution in [2.24, 2.45) is 10.9 Å². The number of hydrogen-bond acceptors (Lipinski definition) is 4. The smallest absolute Gasteiger partial charge is 0.240 e. The Morgan fingerprint density at radius 3 is 2.24 bits per heavy atom. The summed E-state index contributed by atoms with van der Waals surface area (Å²) < 4.78 is 22.3. The molecule has 0 aliphatic heterocycles. The summed E-state index contributed by atoms with van der Waals surface area (Å²) in [6.45, 7) is 0.322.